The van der Waals surface area contributed by atoms with Crippen LogP contribution in [0.25, 0.3) is 0 Å². The third-order valence-corrected chi connectivity index (χ3v) is 0.560. The predicted octanol–water partition coefficient (Wildman–Crippen LogP) is -0.0415. The molecule has 0 aliphatic heterocycles. The summed E-state index contributed by atoms with van der Waals surface area (Å²) in [6.45, 7) is 0. The molecular weight excluding hydrogens is 334 g/mol. The molecule has 0 spiro atoms. The van der Waals surface area contributed by atoms with E-state index >= 15 is 0 Å². The van der Waals surface area contributed by atoms with Gasteiger partial charge in [0.15, 0.2) is 0 Å². The van der Waals surface area contributed by atoms with Crippen molar-refractivity contribution in [3.63, 3.8) is 0 Å². The molecule has 0 bridgehead atoms. The first-order valence-corrected chi connectivity index (χ1v) is 2.03. The van der Waals surface area contributed by atoms with Crippen LogP contribution in [0.2, 0.25) is 0 Å². The molecule has 0 aliphatic carbocycles. The third-order valence-electron chi connectivity index (χ3n) is 0.187. The molecule has 2 nitrogen and oxygen atoms in total. The Hall–Kier alpha value is 0.972. The quantitative estimate of drug-likeness (QED) is 0.538. The average molecular weight is 338 g/mol. The van der Waals surface area contributed by atoms with Crippen LogP contribution >= 0.6 is 23.2 Å². The molecule has 0 heterocycles. The summed E-state index contributed by atoms with van der Waals surface area (Å²) < 4.78 is 0. The first-order chi connectivity index (χ1) is 2.64. The minimum atomic E-state index is -1.29. The van der Waals surface area contributed by atoms with Gasteiger partial charge in [-0.15, -0.1) is 0 Å². The van der Waals surface area contributed by atoms with Crippen LogP contribution in [-0.2, 0) is 4.79 Å². The first kappa shape index (κ1) is 10.9. The topological polar surface area (TPSA) is 37.3 Å². The van der Waals surface area contributed by atoms with Crippen molar-refractivity contribution in [1.82, 2.24) is 0 Å². The molecule has 0 saturated heterocycles. The van der Waals surface area contributed by atoms with Crippen molar-refractivity contribution in [3.8, 4) is 0 Å². The molecule has 2 radical (unpaired) electrons. The second-order valence-electron chi connectivity index (χ2n) is 0.639. The molecule has 5 heteroatoms. The van der Waals surface area contributed by atoms with Gasteiger partial charge in [-0.25, -0.2) is 4.79 Å². The number of alkyl halides is 2. The Kier molecular flexibility index (Phi) is 7.94. The molecular formula is C2H4Cl2O2Pb. The Bertz CT molecular complexity index is 64.7. The minimum absolute atomic E-state index is 0. The number of hydrogen-bond acceptors (Lipinski definition) is 1. The van der Waals surface area contributed by atoms with Crippen molar-refractivity contribution in [3.05, 3.63) is 0 Å². The van der Waals surface area contributed by atoms with E-state index in [9.17, 15) is 4.79 Å². The van der Waals surface area contributed by atoms with Gasteiger partial charge in [-0.2, -0.15) is 0 Å². The van der Waals surface area contributed by atoms with E-state index in [4.69, 9.17) is 28.3 Å². The van der Waals surface area contributed by atoms with Gasteiger partial charge in [0.05, 0.1) is 0 Å². The maximum atomic E-state index is 9.44. The second-order valence-corrected chi connectivity index (χ2v) is 1.74. The monoisotopic (exact) mass is 338 g/mol. The van der Waals surface area contributed by atoms with Crippen molar-refractivity contribution in [1.29, 1.82) is 0 Å². The van der Waals surface area contributed by atoms with Crippen LogP contribution < -0.4 is 0 Å². The summed E-state index contributed by atoms with van der Waals surface area (Å²) in [6, 6.07) is 0. The van der Waals surface area contributed by atoms with E-state index in [-0.39, 0.29) is 27.3 Å². The van der Waals surface area contributed by atoms with Gasteiger partial charge in [-0.1, -0.05) is 23.2 Å². The molecule has 0 aromatic rings. The zero-order valence-electron chi connectivity index (χ0n) is 3.40. The Morgan fingerprint density at radius 1 is 1.57 bits per heavy atom. The number of halogens is 2. The van der Waals surface area contributed by atoms with E-state index in [0.29, 0.717) is 0 Å². The molecule has 42 valence electrons. The molecule has 0 aromatic heterocycles. The zero-order chi connectivity index (χ0) is 5.15. The normalized spacial score (nSPS) is 7.86. The second kappa shape index (κ2) is 5.12. The summed E-state index contributed by atoms with van der Waals surface area (Å²) in [7, 11) is 0. The molecule has 1 N–H and O–H groups in total. The van der Waals surface area contributed by atoms with Crippen LogP contribution in [0.5, 0.6) is 0 Å². The maximum absolute atomic E-state index is 9.44. The zero-order valence-corrected chi connectivity index (χ0v) is 10.4. The van der Waals surface area contributed by atoms with E-state index in [0.717, 1.165) is 0 Å². The summed E-state index contributed by atoms with van der Waals surface area (Å²) in [5, 5.41) is 7.73. The van der Waals surface area contributed by atoms with Gasteiger partial charge < -0.3 is 5.11 Å². The van der Waals surface area contributed by atoms with Crippen LogP contribution in [0.4, 0.5) is 0 Å². The third kappa shape index (κ3) is 6.97. The molecule has 0 saturated carbocycles. The van der Waals surface area contributed by atoms with Gasteiger partial charge in [0.25, 0.3) is 0 Å². The molecule has 0 fully saturated rings. The van der Waals surface area contributed by atoms with Gasteiger partial charge in [-0.05, 0) is 0 Å². The van der Waals surface area contributed by atoms with E-state index in [1.165, 1.54) is 0 Å². The van der Waals surface area contributed by atoms with Gasteiger partial charge in [0.2, 0.25) is 4.84 Å². The molecule has 0 aromatic carbocycles. The standard InChI is InChI=1S/C2H2Cl2O2.Pb.2H/c3-1(4)2(5)6;;;/h1H,(H,5,6);;;. The molecule has 0 amide bonds. The SMILES string of the molecule is O=C(O)C(Cl)Cl.[PbH2]. The Labute approximate surface area is 70.9 Å². The number of aliphatic carboxylic acids is 1. The van der Waals surface area contributed by atoms with E-state index in [1.54, 1.807) is 0 Å². The Morgan fingerprint density at radius 2 is 1.71 bits per heavy atom. The van der Waals surface area contributed by atoms with E-state index in [2.05, 4.69) is 0 Å². The Balaban J connectivity index is 0. The van der Waals surface area contributed by atoms with E-state index < -0.39 is 10.8 Å². The molecule has 0 rings (SSSR count). The van der Waals surface area contributed by atoms with Gasteiger partial charge in [0.1, 0.15) is 0 Å². The number of carboxylic acids is 1. The molecule has 7 heavy (non-hydrogen) atoms. The van der Waals surface area contributed by atoms with Crippen LogP contribution in [0, 0.1) is 0 Å². The number of rotatable bonds is 1. The number of carbonyl (C=O) groups is 1. The van der Waals surface area contributed by atoms with Crippen LogP contribution in [0.15, 0.2) is 0 Å². The van der Waals surface area contributed by atoms with Gasteiger partial charge >= 0.3 is 33.3 Å². The average Bonchev–Trinajstić information content (AvgIpc) is 1.36. The van der Waals surface area contributed by atoms with Gasteiger partial charge in [-0.3, -0.25) is 0 Å². The fraction of sp³-hybridized carbons (Fsp3) is 0.500. The first-order valence-electron chi connectivity index (χ1n) is 1.15. The van der Waals surface area contributed by atoms with Crippen molar-refractivity contribution >= 4 is 56.5 Å². The Morgan fingerprint density at radius 3 is 1.71 bits per heavy atom. The summed E-state index contributed by atoms with van der Waals surface area (Å²) in [6.07, 6.45) is 0. The molecule has 0 aliphatic rings. The van der Waals surface area contributed by atoms with Gasteiger partial charge in [0, 0.05) is 0 Å². The predicted molar refractivity (Wildman–Crippen MR) is 31.7 cm³/mol. The number of hydrogen-bond donors (Lipinski definition) is 1. The van der Waals surface area contributed by atoms with Crippen molar-refractivity contribution in [2.75, 3.05) is 0 Å². The number of carboxylic acid groups (broad SMARTS) is 1. The fourth-order valence-electron chi connectivity index (χ4n) is 0. The van der Waals surface area contributed by atoms with Crippen molar-refractivity contribution in [2.45, 2.75) is 4.84 Å². The fourth-order valence-corrected chi connectivity index (χ4v) is 0. The van der Waals surface area contributed by atoms with Crippen LogP contribution in [-0.4, -0.2) is 43.2 Å². The van der Waals surface area contributed by atoms with Crippen molar-refractivity contribution < 1.29 is 9.90 Å². The summed E-state index contributed by atoms with van der Waals surface area (Å²) >= 11 is 9.56. The summed E-state index contributed by atoms with van der Waals surface area (Å²) in [4.78, 5) is 8.15. The molecule has 0 unspecified atom stereocenters. The van der Waals surface area contributed by atoms with E-state index in [1.807, 2.05) is 0 Å². The van der Waals surface area contributed by atoms with Crippen LogP contribution in [0.1, 0.15) is 0 Å². The van der Waals surface area contributed by atoms with Crippen LogP contribution in [0.3, 0.4) is 0 Å². The van der Waals surface area contributed by atoms with Crippen molar-refractivity contribution in [2.24, 2.45) is 0 Å². The summed E-state index contributed by atoms with van der Waals surface area (Å²) in [5.41, 5.74) is 0. The molecule has 0 atom stereocenters. The summed E-state index contributed by atoms with van der Waals surface area (Å²) in [5.74, 6) is -1.21.